The van der Waals surface area contributed by atoms with Gasteiger partial charge in [0, 0.05) is 18.9 Å². The summed E-state index contributed by atoms with van der Waals surface area (Å²) in [4.78, 5) is 15.4. The van der Waals surface area contributed by atoms with Crippen molar-refractivity contribution in [3.63, 3.8) is 0 Å². The number of Topliss-reactive ketones (excluding diaryl/α,β-unsaturated/α-hetero) is 1. The molecule has 1 heterocycles. The standard InChI is InChI=1S/C11H14FNO2/c1-3-4-10(15-2)11(14)8-5-9(12)7-13-6-8/h5-7,10H,3-4H2,1-2H3. The van der Waals surface area contributed by atoms with Gasteiger partial charge in [0.05, 0.1) is 6.20 Å². The smallest absolute Gasteiger partial charge is 0.193 e. The van der Waals surface area contributed by atoms with E-state index in [9.17, 15) is 9.18 Å². The summed E-state index contributed by atoms with van der Waals surface area (Å²) in [6.45, 7) is 1.96. The first-order valence-electron chi connectivity index (χ1n) is 4.86. The number of carbonyl (C=O) groups is 1. The molecule has 0 aliphatic carbocycles. The highest BCUT2D eigenvalue weighted by atomic mass is 19.1. The van der Waals surface area contributed by atoms with Crippen LogP contribution in [0.2, 0.25) is 0 Å². The summed E-state index contributed by atoms with van der Waals surface area (Å²) in [5, 5.41) is 0. The molecular weight excluding hydrogens is 197 g/mol. The monoisotopic (exact) mass is 211 g/mol. The fourth-order valence-corrected chi connectivity index (χ4v) is 1.35. The maximum atomic E-state index is 12.8. The zero-order valence-electron chi connectivity index (χ0n) is 8.87. The van der Waals surface area contributed by atoms with Crippen molar-refractivity contribution in [1.29, 1.82) is 0 Å². The number of rotatable bonds is 5. The first kappa shape index (κ1) is 11.8. The largest absolute Gasteiger partial charge is 0.373 e. The molecule has 0 aliphatic heterocycles. The van der Waals surface area contributed by atoms with Gasteiger partial charge < -0.3 is 4.74 Å². The Morgan fingerprint density at radius 2 is 2.33 bits per heavy atom. The molecule has 0 spiro atoms. The van der Waals surface area contributed by atoms with Crippen LogP contribution in [0.5, 0.6) is 0 Å². The van der Waals surface area contributed by atoms with Crippen LogP contribution in [0.25, 0.3) is 0 Å². The highest BCUT2D eigenvalue weighted by molar-refractivity contribution is 5.99. The topological polar surface area (TPSA) is 39.2 Å². The number of methoxy groups -OCH3 is 1. The summed E-state index contributed by atoms with van der Waals surface area (Å²) in [7, 11) is 1.48. The number of pyridine rings is 1. The number of hydrogen-bond acceptors (Lipinski definition) is 3. The molecule has 82 valence electrons. The molecule has 0 N–H and O–H groups in total. The van der Waals surface area contributed by atoms with Crippen LogP contribution < -0.4 is 0 Å². The van der Waals surface area contributed by atoms with Gasteiger partial charge in [-0.1, -0.05) is 13.3 Å². The predicted molar refractivity (Wildman–Crippen MR) is 54.2 cm³/mol. The average molecular weight is 211 g/mol. The second kappa shape index (κ2) is 5.56. The third-order valence-electron chi connectivity index (χ3n) is 2.12. The van der Waals surface area contributed by atoms with E-state index in [1.807, 2.05) is 6.92 Å². The average Bonchev–Trinajstić information content (AvgIpc) is 2.25. The van der Waals surface area contributed by atoms with Gasteiger partial charge in [-0.3, -0.25) is 9.78 Å². The second-order valence-electron chi connectivity index (χ2n) is 3.27. The third-order valence-corrected chi connectivity index (χ3v) is 2.12. The Hall–Kier alpha value is -1.29. The van der Waals surface area contributed by atoms with Crippen LogP contribution in [0.3, 0.4) is 0 Å². The molecule has 1 aromatic rings. The summed E-state index contributed by atoms with van der Waals surface area (Å²) < 4.78 is 17.9. The summed E-state index contributed by atoms with van der Waals surface area (Å²) in [6.07, 6.45) is 3.39. The Kier molecular flexibility index (Phi) is 4.37. The van der Waals surface area contributed by atoms with Crippen molar-refractivity contribution < 1.29 is 13.9 Å². The molecule has 0 saturated heterocycles. The minimum atomic E-state index is -0.507. The Morgan fingerprint density at radius 1 is 1.60 bits per heavy atom. The molecule has 0 amide bonds. The van der Waals surface area contributed by atoms with Crippen LogP contribution in [-0.2, 0) is 4.74 Å². The number of ketones is 1. The van der Waals surface area contributed by atoms with Crippen LogP contribution in [0, 0.1) is 5.82 Å². The second-order valence-corrected chi connectivity index (χ2v) is 3.27. The maximum Gasteiger partial charge on any atom is 0.193 e. The molecule has 1 atom stereocenters. The van der Waals surface area contributed by atoms with Crippen molar-refractivity contribution in [3.05, 3.63) is 29.8 Å². The normalized spacial score (nSPS) is 12.5. The molecule has 1 aromatic heterocycles. The van der Waals surface area contributed by atoms with Gasteiger partial charge in [0.2, 0.25) is 0 Å². The quantitative estimate of drug-likeness (QED) is 0.701. The third kappa shape index (κ3) is 3.09. The predicted octanol–water partition coefficient (Wildman–Crippen LogP) is 2.22. The van der Waals surface area contributed by atoms with E-state index < -0.39 is 11.9 Å². The molecular formula is C11H14FNO2. The summed E-state index contributed by atoms with van der Waals surface area (Å²) in [6, 6.07) is 1.18. The van der Waals surface area contributed by atoms with Crippen molar-refractivity contribution in [3.8, 4) is 0 Å². The lowest BCUT2D eigenvalue weighted by atomic mass is 10.0. The van der Waals surface area contributed by atoms with Crippen molar-refractivity contribution in [2.75, 3.05) is 7.11 Å². The van der Waals surface area contributed by atoms with E-state index in [1.165, 1.54) is 19.4 Å². The molecule has 0 bridgehead atoms. The zero-order chi connectivity index (χ0) is 11.3. The number of halogens is 1. The van der Waals surface area contributed by atoms with Crippen LogP contribution in [0.4, 0.5) is 4.39 Å². The Balaban J connectivity index is 2.82. The van der Waals surface area contributed by atoms with Gasteiger partial charge in [-0.2, -0.15) is 0 Å². The maximum absolute atomic E-state index is 12.8. The lowest BCUT2D eigenvalue weighted by Gasteiger charge is -2.12. The summed E-state index contributed by atoms with van der Waals surface area (Å²) >= 11 is 0. The first-order chi connectivity index (χ1) is 7.19. The first-order valence-corrected chi connectivity index (χ1v) is 4.86. The van der Waals surface area contributed by atoms with Crippen molar-refractivity contribution >= 4 is 5.78 Å². The summed E-state index contributed by atoms with van der Waals surface area (Å²) in [5.41, 5.74) is 0.260. The molecule has 0 radical (unpaired) electrons. The minimum Gasteiger partial charge on any atom is -0.373 e. The molecule has 4 heteroatoms. The number of nitrogens with zero attached hydrogens (tertiary/aromatic N) is 1. The highest BCUT2D eigenvalue weighted by Gasteiger charge is 2.19. The van der Waals surface area contributed by atoms with Crippen LogP contribution in [-0.4, -0.2) is 24.0 Å². The van der Waals surface area contributed by atoms with E-state index in [-0.39, 0.29) is 11.3 Å². The van der Waals surface area contributed by atoms with Gasteiger partial charge in [-0.25, -0.2) is 4.39 Å². The Morgan fingerprint density at radius 3 is 2.87 bits per heavy atom. The molecule has 0 fully saturated rings. The molecule has 3 nitrogen and oxygen atoms in total. The van der Waals surface area contributed by atoms with Gasteiger partial charge in [-0.05, 0) is 12.5 Å². The van der Waals surface area contributed by atoms with Crippen molar-refractivity contribution in [2.24, 2.45) is 0 Å². The fraction of sp³-hybridized carbons (Fsp3) is 0.455. The molecule has 0 saturated carbocycles. The number of ether oxygens (including phenoxy) is 1. The van der Waals surface area contributed by atoms with Crippen molar-refractivity contribution in [1.82, 2.24) is 4.98 Å². The van der Waals surface area contributed by atoms with Gasteiger partial charge in [0.1, 0.15) is 11.9 Å². The molecule has 15 heavy (non-hydrogen) atoms. The Bertz CT molecular complexity index is 341. The lowest BCUT2D eigenvalue weighted by Crippen LogP contribution is -2.23. The van der Waals surface area contributed by atoms with E-state index in [0.717, 1.165) is 12.6 Å². The van der Waals surface area contributed by atoms with Gasteiger partial charge in [0.25, 0.3) is 0 Å². The Labute approximate surface area is 88.3 Å². The van der Waals surface area contributed by atoms with Crippen LogP contribution >= 0.6 is 0 Å². The van der Waals surface area contributed by atoms with E-state index >= 15 is 0 Å². The van der Waals surface area contributed by atoms with Crippen LogP contribution in [0.1, 0.15) is 30.1 Å². The molecule has 1 unspecified atom stereocenters. The summed E-state index contributed by atoms with van der Waals surface area (Å²) in [5.74, 6) is -0.724. The van der Waals surface area contributed by atoms with E-state index in [2.05, 4.69) is 4.98 Å². The molecule has 0 aromatic carbocycles. The molecule has 1 rings (SSSR count). The van der Waals surface area contributed by atoms with Crippen molar-refractivity contribution in [2.45, 2.75) is 25.9 Å². The van der Waals surface area contributed by atoms with Gasteiger partial charge in [0.15, 0.2) is 5.78 Å². The van der Waals surface area contributed by atoms with E-state index in [4.69, 9.17) is 4.74 Å². The fourth-order valence-electron chi connectivity index (χ4n) is 1.35. The van der Waals surface area contributed by atoms with Gasteiger partial charge >= 0.3 is 0 Å². The highest BCUT2D eigenvalue weighted by Crippen LogP contribution is 2.10. The number of carbonyl (C=O) groups excluding carboxylic acids is 1. The number of hydrogen-bond donors (Lipinski definition) is 0. The molecule has 0 aliphatic rings. The van der Waals surface area contributed by atoms with Gasteiger partial charge in [-0.15, -0.1) is 0 Å². The van der Waals surface area contributed by atoms with E-state index in [0.29, 0.717) is 6.42 Å². The zero-order valence-corrected chi connectivity index (χ0v) is 8.87. The van der Waals surface area contributed by atoms with Crippen LogP contribution in [0.15, 0.2) is 18.5 Å². The lowest BCUT2D eigenvalue weighted by molar-refractivity contribution is 0.0578. The SMILES string of the molecule is CCCC(OC)C(=O)c1cncc(F)c1. The van der Waals surface area contributed by atoms with E-state index in [1.54, 1.807) is 0 Å². The number of aromatic nitrogens is 1. The minimum absolute atomic E-state index is 0.216.